The van der Waals surface area contributed by atoms with Crippen LogP contribution in [0.25, 0.3) is 0 Å². The largest absolute Gasteiger partial charge is 0.351 e. The number of sulfonamides is 1. The molecule has 1 heterocycles. The molecule has 24 heavy (non-hydrogen) atoms. The molecule has 0 unspecified atom stereocenters. The van der Waals surface area contributed by atoms with Crippen LogP contribution >= 0.6 is 0 Å². The Labute approximate surface area is 144 Å². The fourth-order valence-corrected chi connectivity index (χ4v) is 7.47. The zero-order valence-corrected chi connectivity index (χ0v) is 15.3. The molecule has 0 atom stereocenters. The van der Waals surface area contributed by atoms with Crippen LogP contribution in [0.15, 0.2) is 0 Å². The molecule has 4 bridgehead atoms. The highest BCUT2D eigenvalue weighted by Gasteiger charge is 2.56. The molecule has 0 spiro atoms. The molecule has 0 radical (unpaired) electrons. The van der Waals surface area contributed by atoms with E-state index in [0.29, 0.717) is 25.9 Å². The van der Waals surface area contributed by atoms with Crippen LogP contribution < -0.4 is 5.73 Å². The number of nitrogens with zero attached hydrogens (tertiary/aromatic N) is 2. The smallest absolute Gasteiger partial charge is 0.315 e. The van der Waals surface area contributed by atoms with E-state index in [-0.39, 0.29) is 17.6 Å². The summed E-state index contributed by atoms with van der Waals surface area (Å²) in [5.41, 5.74) is 5.82. The number of carbonyl (C=O) groups excluding carboxylic acids is 1. The van der Waals surface area contributed by atoms with Crippen LogP contribution in [-0.2, 0) is 10.0 Å². The van der Waals surface area contributed by atoms with E-state index in [1.807, 2.05) is 4.90 Å². The van der Waals surface area contributed by atoms with E-state index in [9.17, 15) is 13.2 Å². The van der Waals surface area contributed by atoms with Gasteiger partial charge in [0, 0.05) is 24.7 Å². The quantitative estimate of drug-likeness (QED) is 0.837. The summed E-state index contributed by atoms with van der Waals surface area (Å²) in [5, 5.41) is 0. The Morgan fingerprint density at radius 3 is 1.88 bits per heavy atom. The topological polar surface area (TPSA) is 83.7 Å². The van der Waals surface area contributed by atoms with E-state index in [0.717, 1.165) is 37.0 Å². The van der Waals surface area contributed by atoms with Crippen LogP contribution in [0.4, 0.5) is 4.79 Å². The predicted octanol–water partition coefficient (Wildman–Crippen LogP) is 1.76. The maximum Gasteiger partial charge on any atom is 0.315 e. The molecular formula is C17H29N3O3S. The van der Waals surface area contributed by atoms with Gasteiger partial charge in [-0.3, -0.25) is 0 Å². The summed E-state index contributed by atoms with van der Waals surface area (Å²) in [7, 11) is -3.14. The Kier molecular flexibility index (Phi) is 3.88. The van der Waals surface area contributed by atoms with Crippen molar-refractivity contribution in [2.75, 3.05) is 19.3 Å². The average molecular weight is 356 g/mol. The Hall–Kier alpha value is -0.820. The molecule has 7 heteroatoms. The van der Waals surface area contributed by atoms with Crippen molar-refractivity contribution in [3.05, 3.63) is 0 Å². The zero-order chi connectivity index (χ0) is 17.1. The maximum atomic E-state index is 12.4. The molecule has 5 aliphatic rings. The fourth-order valence-electron chi connectivity index (χ4n) is 6.59. The standard InChI is InChI=1S/C17H29N3O3S/c1-24(22,23)19-4-2-15(3-5-19)20(16(18)21)17-9-12-6-13(10-17)8-14(7-12)11-17/h12-15H,2-11H2,1H3,(H2,18,21). The van der Waals surface area contributed by atoms with Crippen LogP contribution in [0.5, 0.6) is 0 Å². The third-order valence-corrected chi connectivity index (χ3v) is 8.32. The molecule has 2 N–H and O–H groups in total. The molecule has 4 aliphatic carbocycles. The van der Waals surface area contributed by atoms with Gasteiger partial charge in [0.25, 0.3) is 0 Å². The van der Waals surface area contributed by atoms with Gasteiger partial charge in [-0.15, -0.1) is 0 Å². The van der Waals surface area contributed by atoms with Gasteiger partial charge in [0.05, 0.1) is 6.26 Å². The predicted molar refractivity (Wildman–Crippen MR) is 91.8 cm³/mol. The molecule has 136 valence electrons. The second kappa shape index (κ2) is 5.59. The number of hydrogen-bond acceptors (Lipinski definition) is 3. The van der Waals surface area contributed by atoms with E-state index in [1.165, 1.54) is 29.8 Å². The summed E-state index contributed by atoms with van der Waals surface area (Å²) in [6.45, 7) is 0.999. The summed E-state index contributed by atoms with van der Waals surface area (Å²) in [4.78, 5) is 14.4. The SMILES string of the molecule is CS(=O)(=O)N1CCC(N(C(N)=O)C23CC4CC(CC(C4)C2)C3)CC1. The first-order valence-electron chi connectivity index (χ1n) is 9.31. The molecule has 4 saturated carbocycles. The van der Waals surface area contributed by atoms with Crippen molar-refractivity contribution in [2.24, 2.45) is 23.5 Å². The minimum absolute atomic E-state index is 0.0431. The number of nitrogens with two attached hydrogens (primary N) is 1. The van der Waals surface area contributed by atoms with Crippen LogP contribution in [0.3, 0.4) is 0 Å². The minimum Gasteiger partial charge on any atom is -0.351 e. The minimum atomic E-state index is -3.14. The number of carbonyl (C=O) groups is 1. The number of primary amides is 1. The highest BCUT2D eigenvalue weighted by molar-refractivity contribution is 7.88. The Morgan fingerprint density at radius 2 is 1.50 bits per heavy atom. The third-order valence-electron chi connectivity index (χ3n) is 7.01. The van der Waals surface area contributed by atoms with Crippen molar-refractivity contribution in [3.63, 3.8) is 0 Å². The Balaban J connectivity index is 1.55. The van der Waals surface area contributed by atoms with E-state index < -0.39 is 10.0 Å². The van der Waals surface area contributed by atoms with Gasteiger partial charge in [0.15, 0.2) is 0 Å². The highest BCUT2D eigenvalue weighted by Crippen LogP contribution is 2.58. The monoisotopic (exact) mass is 355 g/mol. The first-order valence-corrected chi connectivity index (χ1v) is 11.2. The number of hydrogen-bond donors (Lipinski definition) is 1. The van der Waals surface area contributed by atoms with Crippen molar-refractivity contribution in [3.8, 4) is 0 Å². The van der Waals surface area contributed by atoms with Crippen LogP contribution in [0.1, 0.15) is 51.4 Å². The molecule has 1 aliphatic heterocycles. The first-order chi connectivity index (χ1) is 11.3. The van der Waals surface area contributed by atoms with E-state index in [1.54, 1.807) is 0 Å². The normalized spacial score (nSPS) is 40.0. The molecule has 6 nitrogen and oxygen atoms in total. The van der Waals surface area contributed by atoms with Gasteiger partial charge in [-0.1, -0.05) is 0 Å². The van der Waals surface area contributed by atoms with Gasteiger partial charge in [0.1, 0.15) is 0 Å². The zero-order valence-electron chi connectivity index (χ0n) is 14.5. The summed E-state index contributed by atoms with van der Waals surface area (Å²) in [6, 6.07) is -0.202. The molecular weight excluding hydrogens is 326 g/mol. The fraction of sp³-hybridized carbons (Fsp3) is 0.941. The maximum absolute atomic E-state index is 12.4. The Morgan fingerprint density at radius 1 is 1.04 bits per heavy atom. The Bertz CT molecular complexity index is 590. The van der Waals surface area contributed by atoms with Gasteiger partial charge < -0.3 is 10.6 Å². The number of amides is 2. The molecule has 0 aromatic heterocycles. The summed E-state index contributed by atoms with van der Waals surface area (Å²) in [6.07, 6.45) is 9.99. The van der Waals surface area contributed by atoms with Gasteiger partial charge in [-0.25, -0.2) is 17.5 Å². The summed E-state index contributed by atoms with van der Waals surface area (Å²) < 4.78 is 25.0. The van der Waals surface area contributed by atoms with Gasteiger partial charge >= 0.3 is 6.03 Å². The van der Waals surface area contributed by atoms with Crippen LogP contribution in [0, 0.1) is 17.8 Å². The van der Waals surface area contributed by atoms with E-state index in [4.69, 9.17) is 5.73 Å². The second-order valence-electron chi connectivity index (χ2n) is 8.74. The van der Waals surface area contributed by atoms with Gasteiger partial charge in [0.2, 0.25) is 10.0 Å². The van der Waals surface area contributed by atoms with Crippen molar-refractivity contribution in [1.29, 1.82) is 0 Å². The molecule has 0 aromatic rings. The molecule has 5 rings (SSSR count). The van der Waals surface area contributed by atoms with Gasteiger partial charge in [-0.2, -0.15) is 0 Å². The summed E-state index contributed by atoms with van der Waals surface area (Å²) in [5.74, 6) is 2.28. The molecule has 0 aromatic carbocycles. The number of piperidine rings is 1. The summed E-state index contributed by atoms with van der Waals surface area (Å²) >= 11 is 0. The highest BCUT2D eigenvalue weighted by atomic mass is 32.2. The van der Waals surface area contributed by atoms with Crippen LogP contribution in [0.2, 0.25) is 0 Å². The lowest BCUT2D eigenvalue weighted by Gasteiger charge is -2.61. The lowest BCUT2D eigenvalue weighted by molar-refractivity contribution is -0.0865. The molecule has 5 fully saturated rings. The second-order valence-corrected chi connectivity index (χ2v) is 10.7. The van der Waals surface area contributed by atoms with E-state index >= 15 is 0 Å². The van der Waals surface area contributed by atoms with Gasteiger partial charge in [-0.05, 0) is 69.1 Å². The number of rotatable bonds is 3. The van der Waals surface area contributed by atoms with Crippen molar-refractivity contribution < 1.29 is 13.2 Å². The lowest BCUT2D eigenvalue weighted by Crippen LogP contribution is -2.66. The van der Waals surface area contributed by atoms with Crippen molar-refractivity contribution >= 4 is 16.1 Å². The van der Waals surface area contributed by atoms with Crippen molar-refractivity contribution in [1.82, 2.24) is 9.21 Å². The lowest BCUT2D eigenvalue weighted by atomic mass is 9.52. The third kappa shape index (κ3) is 2.73. The average Bonchev–Trinajstić information content (AvgIpc) is 2.44. The molecule has 2 amide bonds. The number of urea groups is 1. The van der Waals surface area contributed by atoms with Crippen molar-refractivity contribution in [2.45, 2.75) is 62.9 Å². The molecule has 1 saturated heterocycles. The van der Waals surface area contributed by atoms with Crippen LogP contribution in [-0.4, -0.2) is 54.6 Å². The van der Waals surface area contributed by atoms with E-state index in [2.05, 4.69) is 0 Å². The first kappa shape index (κ1) is 16.6.